The molecule has 2 N–H and O–H groups in total. The summed E-state index contributed by atoms with van der Waals surface area (Å²) in [7, 11) is 0. The maximum Gasteiger partial charge on any atom is 0.458 e. The summed E-state index contributed by atoms with van der Waals surface area (Å²) in [5.74, 6) is -3.24. The molecule has 0 aliphatic carbocycles. The molecule has 2 aromatic carbocycles. The summed E-state index contributed by atoms with van der Waals surface area (Å²) in [6.45, 7) is 1.35. The van der Waals surface area contributed by atoms with Crippen LogP contribution in [0.25, 0.3) is 0 Å². The van der Waals surface area contributed by atoms with Crippen LogP contribution in [0.15, 0.2) is 59.8 Å². The Hall–Kier alpha value is -2.38. The van der Waals surface area contributed by atoms with Gasteiger partial charge in [-0.05, 0) is 16.7 Å². The van der Waals surface area contributed by atoms with E-state index in [1.807, 2.05) is 30.3 Å². The van der Waals surface area contributed by atoms with Crippen LogP contribution in [-0.2, 0) is 17.9 Å². The highest BCUT2D eigenvalue weighted by molar-refractivity contribution is 6.01. The van der Waals surface area contributed by atoms with Gasteiger partial charge in [0.25, 0.3) is 0 Å². The molecule has 1 unspecified atom stereocenters. The van der Waals surface area contributed by atoms with Crippen molar-refractivity contribution < 1.29 is 23.1 Å². The average Bonchev–Trinajstić information content (AvgIpc) is 3.00. The number of aliphatic hydroxyl groups is 1. The van der Waals surface area contributed by atoms with E-state index in [1.165, 1.54) is 5.56 Å². The van der Waals surface area contributed by atoms with Crippen molar-refractivity contribution in [3.63, 3.8) is 0 Å². The van der Waals surface area contributed by atoms with Crippen molar-refractivity contribution >= 4 is 5.71 Å². The number of halogens is 3. The molecule has 1 heterocycles. The second-order valence-electron chi connectivity index (χ2n) is 5.87. The van der Waals surface area contributed by atoms with Gasteiger partial charge in [0, 0.05) is 13.1 Å². The highest BCUT2D eigenvalue weighted by Gasteiger charge is 2.60. The van der Waals surface area contributed by atoms with E-state index < -0.39 is 18.4 Å². The van der Waals surface area contributed by atoms with Crippen LogP contribution in [-0.4, -0.2) is 22.8 Å². The Kier molecular flexibility index (Phi) is 4.78. The van der Waals surface area contributed by atoms with Gasteiger partial charge in [-0.1, -0.05) is 59.8 Å². The second kappa shape index (κ2) is 6.85. The van der Waals surface area contributed by atoms with Gasteiger partial charge in [-0.3, -0.25) is 0 Å². The quantitative estimate of drug-likeness (QED) is 0.870. The largest absolute Gasteiger partial charge is 0.458 e. The molecule has 0 spiro atoms. The molecule has 132 valence electrons. The number of alkyl halides is 3. The van der Waals surface area contributed by atoms with Gasteiger partial charge in [0.05, 0.1) is 12.1 Å². The van der Waals surface area contributed by atoms with E-state index in [4.69, 9.17) is 0 Å². The van der Waals surface area contributed by atoms with E-state index in [-0.39, 0.29) is 5.71 Å². The molecule has 0 radical (unpaired) electrons. The van der Waals surface area contributed by atoms with E-state index in [1.54, 1.807) is 24.3 Å². The Bertz CT molecular complexity index is 745. The molecule has 1 aliphatic rings. The molecule has 0 aromatic heterocycles. The molecular weight excluding hydrogens is 333 g/mol. The molecule has 3 rings (SSSR count). The third-order valence-corrected chi connectivity index (χ3v) is 3.95. The van der Waals surface area contributed by atoms with Crippen LogP contribution < -0.4 is 5.32 Å². The number of hydrogen-bond acceptors (Lipinski definition) is 4. The SMILES string of the molecule is OC1(C(F)(F)F)CC(c2ccc(CNCc3ccccc3)cc2)=NO1. The summed E-state index contributed by atoms with van der Waals surface area (Å²) in [4.78, 5) is 4.22. The number of benzene rings is 2. The van der Waals surface area contributed by atoms with Gasteiger partial charge in [-0.15, -0.1) is 0 Å². The molecule has 0 fully saturated rings. The van der Waals surface area contributed by atoms with Gasteiger partial charge in [0.15, 0.2) is 0 Å². The first kappa shape index (κ1) is 17.4. The van der Waals surface area contributed by atoms with Crippen molar-refractivity contribution in [2.24, 2.45) is 5.16 Å². The Morgan fingerprint density at radius 3 is 2.16 bits per heavy atom. The van der Waals surface area contributed by atoms with Crippen LogP contribution in [0, 0.1) is 0 Å². The first-order valence-corrected chi connectivity index (χ1v) is 7.75. The highest BCUT2D eigenvalue weighted by Crippen LogP contribution is 2.38. The van der Waals surface area contributed by atoms with Gasteiger partial charge >= 0.3 is 12.0 Å². The zero-order valence-electron chi connectivity index (χ0n) is 13.3. The predicted octanol–water partition coefficient (Wildman–Crippen LogP) is 3.35. The van der Waals surface area contributed by atoms with Crippen LogP contribution in [0.5, 0.6) is 0 Å². The van der Waals surface area contributed by atoms with Crippen LogP contribution in [0.2, 0.25) is 0 Å². The van der Waals surface area contributed by atoms with Crippen LogP contribution in [0.3, 0.4) is 0 Å². The average molecular weight is 350 g/mol. The Balaban J connectivity index is 1.56. The van der Waals surface area contributed by atoms with Gasteiger partial charge in [-0.2, -0.15) is 13.2 Å². The number of oxime groups is 1. The first-order chi connectivity index (χ1) is 11.9. The second-order valence-corrected chi connectivity index (χ2v) is 5.87. The predicted molar refractivity (Wildman–Crippen MR) is 86.7 cm³/mol. The van der Waals surface area contributed by atoms with E-state index in [0.717, 1.165) is 12.1 Å². The molecular formula is C18H17F3N2O2. The van der Waals surface area contributed by atoms with Gasteiger partial charge in [0.1, 0.15) is 0 Å². The van der Waals surface area contributed by atoms with Crippen molar-refractivity contribution in [1.29, 1.82) is 0 Å². The van der Waals surface area contributed by atoms with Gasteiger partial charge in [0.2, 0.25) is 0 Å². The molecule has 0 amide bonds. The molecule has 1 aliphatic heterocycles. The number of rotatable bonds is 5. The molecule has 0 saturated carbocycles. The molecule has 0 saturated heterocycles. The van der Waals surface area contributed by atoms with Gasteiger partial charge < -0.3 is 15.3 Å². The number of nitrogens with zero attached hydrogens (tertiary/aromatic N) is 1. The van der Waals surface area contributed by atoms with Crippen LogP contribution >= 0.6 is 0 Å². The summed E-state index contributed by atoms with van der Waals surface area (Å²) in [6, 6.07) is 16.9. The first-order valence-electron chi connectivity index (χ1n) is 7.75. The van der Waals surface area contributed by atoms with E-state index in [9.17, 15) is 18.3 Å². The standard InChI is InChI=1S/C18H17F3N2O2/c19-18(20,21)17(24)10-16(23-25-17)15-8-6-14(7-9-15)12-22-11-13-4-2-1-3-5-13/h1-9,22,24H,10-12H2. The highest BCUT2D eigenvalue weighted by atomic mass is 19.4. The van der Waals surface area contributed by atoms with E-state index in [2.05, 4.69) is 15.3 Å². The normalized spacial score (nSPS) is 20.2. The maximum absolute atomic E-state index is 12.7. The summed E-state index contributed by atoms with van der Waals surface area (Å²) >= 11 is 0. The fourth-order valence-electron chi connectivity index (χ4n) is 2.49. The summed E-state index contributed by atoms with van der Waals surface area (Å²) in [6.07, 6.45) is -5.61. The zero-order valence-corrected chi connectivity index (χ0v) is 13.3. The topological polar surface area (TPSA) is 53.8 Å². The number of hydrogen-bond donors (Lipinski definition) is 2. The van der Waals surface area contributed by atoms with Gasteiger partial charge in [-0.25, -0.2) is 0 Å². The lowest BCUT2D eigenvalue weighted by Gasteiger charge is -2.22. The Labute approximate surface area is 142 Å². The fourth-order valence-corrected chi connectivity index (χ4v) is 2.49. The third-order valence-electron chi connectivity index (χ3n) is 3.95. The monoisotopic (exact) mass is 350 g/mol. The van der Waals surface area contributed by atoms with E-state index >= 15 is 0 Å². The van der Waals surface area contributed by atoms with Crippen molar-refractivity contribution in [2.75, 3.05) is 0 Å². The lowest BCUT2D eigenvalue weighted by molar-refractivity contribution is -0.355. The minimum absolute atomic E-state index is 0.0728. The minimum atomic E-state index is -4.89. The summed E-state index contributed by atoms with van der Waals surface area (Å²) in [5, 5.41) is 16.2. The fraction of sp³-hybridized carbons (Fsp3) is 0.278. The summed E-state index contributed by atoms with van der Waals surface area (Å²) in [5.41, 5.74) is 2.73. The van der Waals surface area contributed by atoms with Crippen LogP contribution in [0.4, 0.5) is 13.2 Å². The zero-order chi connectivity index (χ0) is 17.9. The smallest absolute Gasteiger partial charge is 0.350 e. The molecule has 1 atom stereocenters. The van der Waals surface area contributed by atoms with Crippen molar-refractivity contribution in [3.05, 3.63) is 71.3 Å². The van der Waals surface area contributed by atoms with Crippen LogP contribution in [0.1, 0.15) is 23.1 Å². The Morgan fingerprint density at radius 2 is 1.60 bits per heavy atom. The molecule has 25 heavy (non-hydrogen) atoms. The molecule has 0 bridgehead atoms. The lowest BCUT2D eigenvalue weighted by Crippen LogP contribution is -2.45. The van der Waals surface area contributed by atoms with Crippen molar-refractivity contribution in [3.8, 4) is 0 Å². The molecule has 4 nitrogen and oxygen atoms in total. The number of nitrogens with one attached hydrogen (secondary N) is 1. The Morgan fingerprint density at radius 1 is 1.00 bits per heavy atom. The lowest BCUT2D eigenvalue weighted by atomic mass is 10.0. The molecule has 7 heteroatoms. The molecule has 2 aromatic rings. The van der Waals surface area contributed by atoms with Crippen molar-refractivity contribution in [2.45, 2.75) is 31.5 Å². The third kappa shape index (κ3) is 4.00. The summed E-state index contributed by atoms with van der Waals surface area (Å²) < 4.78 is 38.2. The van der Waals surface area contributed by atoms with Crippen molar-refractivity contribution in [1.82, 2.24) is 5.32 Å². The maximum atomic E-state index is 12.7. The van der Waals surface area contributed by atoms with E-state index in [0.29, 0.717) is 12.1 Å². The minimum Gasteiger partial charge on any atom is -0.350 e.